The van der Waals surface area contributed by atoms with Crippen molar-refractivity contribution >= 4 is 5.97 Å². The molecule has 0 aromatic rings. The molecule has 0 fully saturated rings. The van der Waals surface area contributed by atoms with Crippen LogP contribution < -0.4 is 0 Å². The second-order valence-electron chi connectivity index (χ2n) is 8.71. The highest BCUT2D eigenvalue weighted by atomic mass is 16.5. The number of esters is 1. The third kappa shape index (κ3) is 20.3. The third-order valence-electron chi connectivity index (χ3n) is 5.74. The first kappa shape index (κ1) is 28.2. The highest BCUT2D eigenvalue weighted by Gasteiger charge is 2.10. The zero-order valence-electron chi connectivity index (χ0n) is 20.2. The summed E-state index contributed by atoms with van der Waals surface area (Å²) < 4.78 is 5.61. The van der Waals surface area contributed by atoms with Crippen LogP contribution in [0.2, 0.25) is 0 Å². The molecule has 0 aromatic heterocycles. The Morgan fingerprint density at radius 2 is 1.03 bits per heavy atom. The van der Waals surface area contributed by atoms with Crippen LogP contribution in [0.4, 0.5) is 0 Å². The molecule has 0 unspecified atom stereocenters. The Morgan fingerprint density at radius 1 is 0.586 bits per heavy atom. The number of hydrogen-bond acceptors (Lipinski definition) is 2. The van der Waals surface area contributed by atoms with Crippen LogP contribution in [-0.2, 0) is 9.53 Å². The molecule has 2 heteroatoms. The van der Waals surface area contributed by atoms with Gasteiger partial charge in [0.25, 0.3) is 0 Å². The van der Waals surface area contributed by atoms with Gasteiger partial charge < -0.3 is 4.74 Å². The van der Waals surface area contributed by atoms with Crippen molar-refractivity contribution in [1.82, 2.24) is 0 Å². The van der Waals surface area contributed by atoms with Crippen molar-refractivity contribution in [3.8, 4) is 0 Å². The Bertz CT molecular complexity index is 373. The highest BCUT2D eigenvalue weighted by Crippen LogP contribution is 2.16. The van der Waals surface area contributed by atoms with Crippen LogP contribution in [0.1, 0.15) is 149 Å². The van der Waals surface area contributed by atoms with Crippen molar-refractivity contribution in [2.45, 2.75) is 149 Å². The Balaban J connectivity index is 4.16. The van der Waals surface area contributed by atoms with E-state index in [1.54, 1.807) is 0 Å². The molecule has 0 rings (SSSR count). The molecule has 2 nitrogen and oxygen atoms in total. The molecule has 0 amide bonds. The minimum absolute atomic E-state index is 0.0434. The van der Waals surface area contributed by atoms with Gasteiger partial charge in [-0.25, -0.2) is 4.79 Å². The molecular formula is C27H52O2. The lowest BCUT2D eigenvalue weighted by Crippen LogP contribution is -2.09. The molecule has 0 heterocycles. The van der Waals surface area contributed by atoms with Crippen molar-refractivity contribution in [2.24, 2.45) is 0 Å². The number of unbranched alkanes of at least 4 members (excludes halogenated alkanes) is 16. The lowest BCUT2D eigenvalue weighted by atomic mass is 10.0. The van der Waals surface area contributed by atoms with Gasteiger partial charge in [-0.05, 0) is 32.1 Å². The third-order valence-corrected chi connectivity index (χ3v) is 5.74. The number of ether oxygens (including phenoxy) is 1. The summed E-state index contributed by atoms with van der Waals surface area (Å²) in [6.07, 6.45) is 26.9. The molecule has 0 N–H and O–H groups in total. The van der Waals surface area contributed by atoms with Crippen molar-refractivity contribution in [2.75, 3.05) is 6.61 Å². The molecule has 0 aliphatic rings. The van der Waals surface area contributed by atoms with Crippen molar-refractivity contribution in [1.29, 1.82) is 0 Å². The Kier molecular flexibility index (Phi) is 22.8. The van der Waals surface area contributed by atoms with Gasteiger partial charge in [0, 0.05) is 5.57 Å². The number of allylic oxidation sites excluding steroid dienone is 1. The lowest BCUT2D eigenvalue weighted by Gasteiger charge is -2.09. The van der Waals surface area contributed by atoms with E-state index >= 15 is 0 Å². The van der Waals surface area contributed by atoms with Crippen LogP contribution in [0.5, 0.6) is 0 Å². The number of carbonyl (C=O) groups excluding carboxylic acids is 1. The van der Waals surface area contributed by atoms with E-state index in [2.05, 4.69) is 26.8 Å². The van der Waals surface area contributed by atoms with Crippen LogP contribution in [0.25, 0.3) is 0 Å². The Hall–Kier alpha value is -0.790. The summed E-state index contributed by atoms with van der Waals surface area (Å²) in [7, 11) is 0. The molecule has 0 radical (unpaired) electrons. The van der Waals surface area contributed by atoms with Gasteiger partial charge in [0.1, 0.15) is 0 Å². The molecule has 0 bridgehead atoms. The van der Waals surface area contributed by atoms with Gasteiger partial charge in [0.15, 0.2) is 0 Å². The predicted octanol–water partition coefficient (Wildman–Crippen LogP) is 9.32. The fraction of sp³-hybridized carbons (Fsp3) is 0.889. The average Bonchev–Trinajstić information content (AvgIpc) is 2.73. The van der Waals surface area contributed by atoms with Crippen LogP contribution in [0, 0.1) is 0 Å². The van der Waals surface area contributed by atoms with Crippen molar-refractivity contribution in [3.63, 3.8) is 0 Å². The zero-order valence-corrected chi connectivity index (χ0v) is 20.2. The van der Waals surface area contributed by atoms with Crippen LogP contribution in [0.15, 0.2) is 11.6 Å². The van der Waals surface area contributed by atoms with Gasteiger partial charge >= 0.3 is 5.97 Å². The number of rotatable bonds is 22. The second-order valence-corrected chi connectivity index (χ2v) is 8.71. The fourth-order valence-corrected chi connectivity index (χ4v) is 3.72. The quantitative estimate of drug-likeness (QED) is 0.101. The van der Waals surface area contributed by atoms with Gasteiger partial charge in [0.05, 0.1) is 6.61 Å². The summed E-state index contributed by atoms with van der Waals surface area (Å²) in [6.45, 7) is 7.34. The van der Waals surface area contributed by atoms with E-state index in [9.17, 15) is 4.79 Å². The highest BCUT2D eigenvalue weighted by molar-refractivity contribution is 5.88. The molecule has 0 atom stereocenters. The van der Waals surface area contributed by atoms with Gasteiger partial charge in [-0.3, -0.25) is 0 Å². The minimum Gasteiger partial charge on any atom is -0.462 e. The average molecular weight is 409 g/mol. The van der Waals surface area contributed by atoms with E-state index in [1.807, 2.05) is 0 Å². The van der Waals surface area contributed by atoms with E-state index in [-0.39, 0.29) is 5.97 Å². The normalized spacial score (nSPS) is 11.8. The molecule has 172 valence electrons. The maximum Gasteiger partial charge on any atom is 0.333 e. The molecule has 0 saturated heterocycles. The molecule has 0 aliphatic carbocycles. The van der Waals surface area contributed by atoms with Gasteiger partial charge in [-0.2, -0.15) is 0 Å². The summed E-state index contributed by atoms with van der Waals surface area (Å²) in [5.74, 6) is -0.0434. The Morgan fingerprint density at radius 3 is 1.59 bits per heavy atom. The maximum absolute atomic E-state index is 12.6. The van der Waals surface area contributed by atoms with E-state index in [1.165, 1.54) is 103 Å². The standard InChI is InChI=1S/C27H52O2/c1-4-7-10-13-16-18-21-24-26(23-20-17-14-11-8-5-2)27(28)29-25-22-19-15-12-9-6-3/h24H,4-23,25H2,1-3H3. The summed E-state index contributed by atoms with van der Waals surface area (Å²) in [5.41, 5.74) is 0.944. The molecule has 0 spiro atoms. The van der Waals surface area contributed by atoms with Gasteiger partial charge in [-0.1, -0.05) is 123 Å². The van der Waals surface area contributed by atoms with E-state index < -0.39 is 0 Å². The number of carbonyl (C=O) groups is 1. The lowest BCUT2D eigenvalue weighted by molar-refractivity contribution is -0.139. The van der Waals surface area contributed by atoms with Crippen molar-refractivity contribution < 1.29 is 9.53 Å². The fourth-order valence-electron chi connectivity index (χ4n) is 3.72. The molecule has 0 aromatic carbocycles. The summed E-state index contributed by atoms with van der Waals surface area (Å²) in [4.78, 5) is 12.6. The zero-order chi connectivity index (χ0) is 21.4. The smallest absolute Gasteiger partial charge is 0.333 e. The van der Waals surface area contributed by atoms with Gasteiger partial charge in [0.2, 0.25) is 0 Å². The predicted molar refractivity (Wildman–Crippen MR) is 128 cm³/mol. The van der Waals surface area contributed by atoms with E-state index in [0.29, 0.717) is 6.61 Å². The van der Waals surface area contributed by atoms with Crippen LogP contribution >= 0.6 is 0 Å². The van der Waals surface area contributed by atoms with E-state index in [0.717, 1.165) is 31.3 Å². The van der Waals surface area contributed by atoms with Crippen LogP contribution in [-0.4, -0.2) is 12.6 Å². The summed E-state index contributed by atoms with van der Waals surface area (Å²) in [6, 6.07) is 0. The van der Waals surface area contributed by atoms with E-state index in [4.69, 9.17) is 4.74 Å². The largest absolute Gasteiger partial charge is 0.462 e. The first-order valence-corrected chi connectivity index (χ1v) is 13.1. The summed E-state index contributed by atoms with van der Waals surface area (Å²) >= 11 is 0. The topological polar surface area (TPSA) is 26.3 Å². The molecule has 29 heavy (non-hydrogen) atoms. The second kappa shape index (κ2) is 23.5. The van der Waals surface area contributed by atoms with Gasteiger partial charge in [-0.15, -0.1) is 0 Å². The molecular weight excluding hydrogens is 356 g/mol. The SMILES string of the molecule is CCCCCCCCC=C(CCCCCCCC)C(=O)OCCCCCCCC. The monoisotopic (exact) mass is 408 g/mol. The maximum atomic E-state index is 12.6. The Labute approximate surface area is 183 Å². The first-order valence-electron chi connectivity index (χ1n) is 13.1. The van der Waals surface area contributed by atoms with Crippen LogP contribution in [0.3, 0.4) is 0 Å². The summed E-state index contributed by atoms with van der Waals surface area (Å²) in [5, 5.41) is 0. The molecule has 0 saturated carbocycles. The minimum atomic E-state index is -0.0434. The molecule has 0 aliphatic heterocycles. The number of hydrogen-bond donors (Lipinski definition) is 0. The first-order chi connectivity index (χ1) is 14.3. The van der Waals surface area contributed by atoms with Crippen molar-refractivity contribution in [3.05, 3.63) is 11.6 Å².